The van der Waals surface area contributed by atoms with Crippen LogP contribution in [0.1, 0.15) is 21.5 Å². The number of nitrogens with one attached hydrogen (secondary N) is 1. The van der Waals surface area contributed by atoms with E-state index in [1.165, 1.54) is 12.1 Å². The molecule has 1 N–H and O–H groups in total. The van der Waals surface area contributed by atoms with Crippen LogP contribution in [0, 0.1) is 12.7 Å². The molecule has 2 aromatic rings. The number of hydrogen-bond donors (Lipinski definition) is 1. The van der Waals surface area contributed by atoms with Gasteiger partial charge in [0.2, 0.25) is 0 Å². The summed E-state index contributed by atoms with van der Waals surface area (Å²) in [7, 11) is 1.58. The molecule has 0 radical (unpaired) electrons. The maximum absolute atomic E-state index is 13.6. The molecule has 0 spiro atoms. The molecule has 0 bridgehead atoms. The standard InChI is InChI=1S/C16H16FNO2/c1-11-6-7-15(17)14(8-11)16(19)18-10-12-4-3-5-13(9-12)20-2/h3-9H,10H2,1-2H3,(H,18,19). The van der Waals surface area contributed by atoms with E-state index in [0.29, 0.717) is 6.54 Å². The summed E-state index contributed by atoms with van der Waals surface area (Å²) in [5, 5.41) is 2.70. The van der Waals surface area contributed by atoms with Crippen LogP contribution in [0.25, 0.3) is 0 Å². The van der Waals surface area contributed by atoms with Crippen molar-refractivity contribution < 1.29 is 13.9 Å². The minimum absolute atomic E-state index is 0.0629. The number of ether oxygens (including phenoxy) is 1. The number of amides is 1. The monoisotopic (exact) mass is 273 g/mol. The van der Waals surface area contributed by atoms with Crippen molar-refractivity contribution in [2.24, 2.45) is 0 Å². The Labute approximate surface area is 117 Å². The highest BCUT2D eigenvalue weighted by atomic mass is 19.1. The molecular formula is C16H16FNO2. The van der Waals surface area contributed by atoms with Crippen LogP contribution in [0.5, 0.6) is 5.75 Å². The van der Waals surface area contributed by atoms with E-state index in [-0.39, 0.29) is 5.56 Å². The third kappa shape index (κ3) is 3.35. The first-order chi connectivity index (χ1) is 9.60. The van der Waals surface area contributed by atoms with Gasteiger partial charge in [-0.2, -0.15) is 0 Å². The number of rotatable bonds is 4. The highest BCUT2D eigenvalue weighted by molar-refractivity contribution is 5.94. The SMILES string of the molecule is COc1cccc(CNC(=O)c2cc(C)ccc2F)c1. The van der Waals surface area contributed by atoms with Gasteiger partial charge in [0.25, 0.3) is 5.91 Å². The van der Waals surface area contributed by atoms with E-state index in [1.54, 1.807) is 13.2 Å². The zero-order chi connectivity index (χ0) is 14.5. The van der Waals surface area contributed by atoms with Gasteiger partial charge in [-0.15, -0.1) is 0 Å². The smallest absolute Gasteiger partial charge is 0.254 e. The van der Waals surface area contributed by atoms with Gasteiger partial charge in [-0.3, -0.25) is 4.79 Å². The number of halogens is 1. The second-order valence-corrected chi connectivity index (χ2v) is 4.52. The summed E-state index contributed by atoms with van der Waals surface area (Å²) in [6.45, 7) is 2.14. The zero-order valence-corrected chi connectivity index (χ0v) is 11.4. The first-order valence-electron chi connectivity index (χ1n) is 6.27. The molecule has 0 aliphatic rings. The van der Waals surface area contributed by atoms with Crippen LogP contribution in [-0.2, 0) is 6.54 Å². The summed E-state index contributed by atoms with van der Waals surface area (Å²) < 4.78 is 18.7. The molecule has 0 unspecified atom stereocenters. The lowest BCUT2D eigenvalue weighted by molar-refractivity contribution is 0.0946. The number of methoxy groups -OCH3 is 1. The highest BCUT2D eigenvalue weighted by Crippen LogP contribution is 2.13. The van der Waals surface area contributed by atoms with Crippen molar-refractivity contribution in [2.45, 2.75) is 13.5 Å². The fraction of sp³-hybridized carbons (Fsp3) is 0.188. The Morgan fingerprint density at radius 1 is 1.25 bits per heavy atom. The Morgan fingerprint density at radius 2 is 2.05 bits per heavy atom. The van der Waals surface area contributed by atoms with Crippen molar-refractivity contribution >= 4 is 5.91 Å². The van der Waals surface area contributed by atoms with E-state index in [9.17, 15) is 9.18 Å². The van der Waals surface area contributed by atoms with Crippen molar-refractivity contribution in [1.82, 2.24) is 5.32 Å². The molecule has 0 atom stereocenters. The molecule has 2 rings (SSSR count). The fourth-order valence-corrected chi connectivity index (χ4v) is 1.87. The van der Waals surface area contributed by atoms with Crippen LogP contribution in [0.2, 0.25) is 0 Å². The van der Waals surface area contributed by atoms with Crippen LogP contribution in [0.3, 0.4) is 0 Å². The lowest BCUT2D eigenvalue weighted by Crippen LogP contribution is -2.23. The number of carbonyl (C=O) groups excluding carboxylic acids is 1. The molecular weight excluding hydrogens is 257 g/mol. The normalized spacial score (nSPS) is 10.2. The van der Waals surface area contributed by atoms with E-state index < -0.39 is 11.7 Å². The molecule has 104 valence electrons. The lowest BCUT2D eigenvalue weighted by Gasteiger charge is -2.08. The topological polar surface area (TPSA) is 38.3 Å². The van der Waals surface area contributed by atoms with Gasteiger partial charge in [0.15, 0.2) is 0 Å². The van der Waals surface area contributed by atoms with Gasteiger partial charge < -0.3 is 10.1 Å². The van der Waals surface area contributed by atoms with E-state index in [2.05, 4.69) is 5.32 Å². The summed E-state index contributed by atoms with van der Waals surface area (Å²) in [4.78, 5) is 12.0. The summed E-state index contributed by atoms with van der Waals surface area (Å²) in [6, 6.07) is 11.8. The molecule has 3 nitrogen and oxygen atoms in total. The molecule has 0 aromatic heterocycles. The number of carbonyl (C=O) groups is 1. The molecule has 2 aromatic carbocycles. The molecule has 0 fully saturated rings. The molecule has 0 heterocycles. The summed E-state index contributed by atoms with van der Waals surface area (Å²) in [5.74, 6) is -0.216. The highest BCUT2D eigenvalue weighted by Gasteiger charge is 2.11. The zero-order valence-electron chi connectivity index (χ0n) is 11.4. The van der Waals surface area contributed by atoms with Crippen molar-refractivity contribution in [2.75, 3.05) is 7.11 Å². The average Bonchev–Trinajstić information content (AvgIpc) is 2.47. The van der Waals surface area contributed by atoms with Crippen molar-refractivity contribution in [3.8, 4) is 5.75 Å². The molecule has 0 saturated heterocycles. The van der Waals surface area contributed by atoms with Gasteiger partial charge in [-0.1, -0.05) is 23.8 Å². The van der Waals surface area contributed by atoms with E-state index in [4.69, 9.17) is 4.74 Å². The Morgan fingerprint density at radius 3 is 2.80 bits per heavy atom. The van der Waals surface area contributed by atoms with Crippen LogP contribution >= 0.6 is 0 Å². The quantitative estimate of drug-likeness (QED) is 0.929. The average molecular weight is 273 g/mol. The Hall–Kier alpha value is -2.36. The van der Waals surface area contributed by atoms with Crippen LogP contribution in [0.4, 0.5) is 4.39 Å². The minimum atomic E-state index is -0.515. The first-order valence-corrected chi connectivity index (χ1v) is 6.27. The van der Waals surface area contributed by atoms with Crippen molar-refractivity contribution in [1.29, 1.82) is 0 Å². The predicted molar refractivity (Wildman–Crippen MR) is 75.3 cm³/mol. The van der Waals surface area contributed by atoms with E-state index in [0.717, 1.165) is 16.9 Å². The van der Waals surface area contributed by atoms with Crippen LogP contribution in [-0.4, -0.2) is 13.0 Å². The van der Waals surface area contributed by atoms with Crippen LogP contribution in [0.15, 0.2) is 42.5 Å². The van der Waals surface area contributed by atoms with Gasteiger partial charge >= 0.3 is 0 Å². The predicted octanol–water partition coefficient (Wildman–Crippen LogP) is 3.07. The minimum Gasteiger partial charge on any atom is -0.497 e. The molecule has 0 aliphatic heterocycles. The fourth-order valence-electron chi connectivity index (χ4n) is 1.87. The maximum Gasteiger partial charge on any atom is 0.254 e. The second kappa shape index (κ2) is 6.19. The molecule has 1 amide bonds. The summed E-state index contributed by atoms with van der Waals surface area (Å²) in [6.07, 6.45) is 0. The molecule has 0 aliphatic carbocycles. The third-order valence-corrected chi connectivity index (χ3v) is 2.95. The Bertz CT molecular complexity index is 626. The van der Waals surface area contributed by atoms with Crippen molar-refractivity contribution in [3.63, 3.8) is 0 Å². The van der Waals surface area contributed by atoms with Crippen molar-refractivity contribution in [3.05, 3.63) is 65.0 Å². The van der Waals surface area contributed by atoms with E-state index in [1.807, 2.05) is 31.2 Å². The third-order valence-electron chi connectivity index (χ3n) is 2.95. The molecule has 0 saturated carbocycles. The Balaban J connectivity index is 2.06. The van der Waals surface area contributed by atoms with E-state index >= 15 is 0 Å². The summed E-state index contributed by atoms with van der Waals surface area (Å²) >= 11 is 0. The summed E-state index contributed by atoms with van der Waals surface area (Å²) in [5.41, 5.74) is 1.80. The van der Waals surface area contributed by atoms with Gasteiger partial charge in [-0.05, 0) is 36.8 Å². The van der Waals surface area contributed by atoms with Gasteiger partial charge in [0, 0.05) is 6.54 Å². The maximum atomic E-state index is 13.6. The number of benzene rings is 2. The molecule has 4 heteroatoms. The number of hydrogen-bond acceptors (Lipinski definition) is 2. The Kier molecular flexibility index (Phi) is 4.35. The van der Waals surface area contributed by atoms with Gasteiger partial charge in [0.1, 0.15) is 11.6 Å². The lowest BCUT2D eigenvalue weighted by atomic mass is 10.1. The second-order valence-electron chi connectivity index (χ2n) is 4.52. The largest absolute Gasteiger partial charge is 0.497 e. The van der Waals surface area contributed by atoms with Gasteiger partial charge in [0.05, 0.1) is 12.7 Å². The first kappa shape index (κ1) is 14.1. The molecule has 20 heavy (non-hydrogen) atoms. The number of aryl methyl sites for hydroxylation is 1. The van der Waals surface area contributed by atoms with Gasteiger partial charge in [-0.25, -0.2) is 4.39 Å². The van der Waals surface area contributed by atoms with Crippen LogP contribution < -0.4 is 10.1 Å².